The van der Waals surface area contributed by atoms with E-state index in [1.807, 2.05) is 36.4 Å². The van der Waals surface area contributed by atoms with Crippen molar-refractivity contribution in [2.75, 3.05) is 5.32 Å². The summed E-state index contributed by atoms with van der Waals surface area (Å²) in [6.45, 7) is 0. The molecule has 1 N–H and O–H groups in total. The Morgan fingerprint density at radius 1 is 0.862 bits per heavy atom. The Morgan fingerprint density at radius 2 is 1.48 bits per heavy atom. The van der Waals surface area contributed by atoms with Crippen molar-refractivity contribution in [1.82, 2.24) is 4.98 Å². The van der Waals surface area contributed by atoms with Crippen LogP contribution in [0.25, 0.3) is 10.9 Å². The topological polar surface area (TPSA) is 42.0 Å². The van der Waals surface area contributed by atoms with Gasteiger partial charge in [-0.3, -0.25) is 4.79 Å². The van der Waals surface area contributed by atoms with Crippen LogP contribution < -0.4 is 5.32 Å². The van der Waals surface area contributed by atoms with Crippen LogP contribution in [0.5, 0.6) is 0 Å². The van der Waals surface area contributed by atoms with Crippen molar-refractivity contribution in [3.8, 4) is 0 Å². The van der Waals surface area contributed by atoms with Gasteiger partial charge in [0.05, 0.1) is 5.52 Å². The summed E-state index contributed by atoms with van der Waals surface area (Å²) in [6, 6.07) is 20.2. The van der Waals surface area contributed by atoms with E-state index in [2.05, 4.69) is 29.6 Å². The number of carbonyl (C=O) groups excluding carboxylic acids is 1. The number of hydrogen-bond donors (Lipinski definition) is 1. The Labute approximate surface area is 171 Å². The number of fused-ring (bicyclic) bond motifs is 1. The van der Waals surface area contributed by atoms with Gasteiger partial charge in [-0.15, -0.1) is 0 Å². The number of rotatable bonds is 3. The molecule has 0 spiro atoms. The Hall–Kier alpha value is -2.68. The highest BCUT2D eigenvalue weighted by atomic mass is 16.1. The van der Waals surface area contributed by atoms with E-state index in [1.54, 1.807) is 0 Å². The van der Waals surface area contributed by atoms with E-state index in [0.717, 1.165) is 29.0 Å². The van der Waals surface area contributed by atoms with Gasteiger partial charge in [-0.05, 0) is 91.5 Å². The van der Waals surface area contributed by atoms with E-state index in [-0.39, 0.29) is 11.3 Å². The summed E-state index contributed by atoms with van der Waals surface area (Å²) in [5, 5.41) is 4.26. The Kier molecular flexibility index (Phi) is 3.80. The van der Waals surface area contributed by atoms with Gasteiger partial charge in [0.1, 0.15) is 5.69 Å². The summed E-state index contributed by atoms with van der Waals surface area (Å²) in [7, 11) is 0. The zero-order valence-electron chi connectivity index (χ0n) is 16.6. The van der Waals surface area contributed by atoms with Gasteiger partial charge >= 0.3 is 0 Å². The predicted octanol–water partition coefficient (Wildman–Crippen LogP) is 5.95. The number of benzene rings is 2. The SMILES string of the molecule is O=C(Nc1ccccc1)c1cc(C23CC4CC(CC(C4)C2)C3)c2ccccc2n1. The van der Waals surface area contributed by atoms with Crippen LogP contribution in [0.1, 0.15) is 54.6 Å². The number of nitrogens with one attached hydrogen (secondary N) is 1. The molecule has 0 atom stereocenters. The number of amides is 1. The standard InChI is InChI=1S/C26H26N2O/c29-25(27-20-6-2-1-3-7-20)24-13-22(21-8-4-5-9-23(21)28-24)26-14-17-10-18(15-26)12-19(11-17)16-26/h1-9,13,17-19H,10-12,14-16H2,(H,27,29). The van der Waals surface area contributed by atoms with E-state index in [9.17, 15) is 4.79 Å². The summed E-state index contributed by atoms with van der Waals surface area (Å²) in [5.41, 5.74) is 3.90. The lowest BCUT2D eigenvalue weighted by atomic mass is 9.48. The number of aromatic nitrogens is 1. The van der Waals surface area contributed by atoms with Crippen molar-refractivity contribution in [3.05, 3.63) is 71.9 Å². The molecule has 3 aromatic rings. The maximum atomic E-state index is 13.1. The molecule has 0 unspecified atom stereocenters. The second-order valence-corrected chi connectivity index (χ2v) is 9.59. The highest BCUT2D eigenvalue weighted by Gasteiger charge is 2.52. The van der Waals surface area contributed by atoms with Crippen LogP contribution in [0.15, 0.2) is 60.7 Å². The number of pyridine rings is 1. The van der Waals surface area contributed by atoms with Gasteiger partial charge in [-0.1, -0.05) is 36.4 Å². The minimum atomic E-state index is -0.118. The van der Waals surface area contributed by atoms with Crippen LogP contribution in [0.4, 0.5) is 5.69 Å². The van der Waals surface area contributed by atoms with Gasteiger partial charge in [-0.2, -0.15) is 0 Å². The van der Waals surface area contributed by atoms with Crippen LogP contribution in [0.3, 0.4) is 0 Å². The van der Waals surface area contributed by atoms with Crippen LogP contribution in [0.2, 0.25) is 0 Å². The molecule has 1 amide bonds. The van der Waals surface area contributed by atoms with E-state index in [1.165, 1.54) is 49.5 Å². The van der Waals surface area contributed by atoms with Crippen LogP contribution >= 0.6 is 0 Å². The van der Waals surface area contributed by atoms with Gasteiger partial charge < -0.3 is 5.32 Å². The van der Waals surface area contributed by atoms with E-state index in [0.29, 0.717) is 5.69 Å². The summed E-state index contributed by atoms with van der Waals surface area (Å²) in [4.78, 5) is 17.8. The summed E-state index contributed by atoms with van der Waals surface area (Å²) in [6.07, 6.45) is 8.11. The third-order valence-electron chi connectivity index (χ3n) is 7.59. The first-order valence-corrected chi connectivity index (χ1v) is 11.0. The van der Waals surface area contributed by atoms with Gasteiger partial charge in [-0.25, -0.2) is 4.98 Å². The molecule has 0 aliphatic heterocycles. The van der Waals surface area contributed by atoms with Crippen molar-refractivity contribution in [2.45, 2.75) is 43.9 Å². The third-order valence-corrected chi connectivity index (χ3v) is 7.59. The minimum absolute atomic E-state index is 0.118. The predicted molar refractivity (Wildman–Crippen MR) is 116 cm³/mol. The first-order chi connectivity index (χ1) is 14.2. The molecular weight excluding hydrogens is 356 g/mol. The number of carbonyl (C=O) groups is 1. The molecule has 1 heterocycles. The lowest BCUT2D eigenvalue weighted by Gasteiger charge is -2.57. The first kappa shape index (κ1) is 17.2. The monoisotopic (exact) mass is 382 g/mol. The van der Waals surface area contributed by atoms with Gasteiger partial charge in [0.25, 0.3) is 5.91 Å². The van der Waals surface area contributed by atoms with Crippen molar-refractivity contribution in [2.24, 2.45) is 17.8 Å². The molecule has 4 saturated carbocycles. The second kappa shape index (κ2) is 6.41. The molecule has 146 valence electrons. The Balaban J connectivity index is 1.45. The third kappa shape index (κ3) is 2.87. The van der Waals surface area contributed by atoms with Gasteiger partial charge in [0, 0.05) is 11.1 Å². The lowest BCUT2D eigenvalue weighted by molar-refractivity contribution is -0.00453. The molecule has 3 nitrogen and oxygen atoms in total. The molecule has 2 aromatic carbocycles. The van der Waals surface area contributed by atoms with Gasteiger partial charge in [0.2, 0.25) is 0 Å². The highest BCUT2D eigenvalue weighted by Crippen LogP contribution is 2.61. The van der Waals surface area contributed by atoms with Crippen LogP contribution in [0, 0.1) is 17.8 Å². The molecule has 0 saturated heterocycles. The molecule has 4 aliphatic carbocycles. The van der Waals surface area contributed by atoms with E-state index < -0.39 is 0 Å². The second-order valence-electron chi connectivity index (χ2n) is 9.59. The van der Waals surface area contributed by atoms with Crippen molar-refractivity contribution < 1.29 is 4.79 Å². The molecule has 1 aromatic heterocycles. The smallest absolute Gasteiger partial charge is 0.274 e. The van der Waals surface area contributed by atoms with Crippen molar-refractivity contribution in [1.29, 1.82) is 0 Å². The summed E-state index contributed by atoms with van der Waals surface area (Å²) in [5.74, 6) is 2.49. The fraction of sp³-hybridized carbons (Fsp3) is 0.385. The molecule has 3 heteroatoms. The first-order valence-electron chi connectivity index (χ1n) is 11.0. The lowest BCUT2D eigenvalue weighted by Crippen LogP contribution is -2.48. The fourth-order valence-electron chi connectivity index (χ4n) is 6.89. The maximum Gasteiger partial charge on any atom is 0.274 e. The van der Waals surface area contributed by atoms with E-state index >= 15 is 0 Å². The number of nitrogens with zero attached hydrogens (tertiary/aromatic N) is 1. The average Bonchev–Trinajstić information content (AvgIpc) is 2.72. The molecule has 4 bridgehead atoms. The Morgan fingerprint density at radius 3 is 2.17 bits per heavy atom. The fourth-order valence-corrected chi connectivity index (χ4v) is 6.89. The molecule has 4 fully saturated rings. The van der Waals surface area contributed by atoms with Crippen molar-refractivity contribution >= 4 is 22.5 Å². The van der Waals surface area contributed by atoms with Crippen LogP contribution in [-0.4, -0.2) is 10.9 Å². The largest absolute Gasteiger partial charge is 0.321 e. The maximum absolute atomic E-state index is 13.1. The summed E-state index contributed by atoms with van der Waals surface area (Å²) >= 11 is 0. The zero-order chi connectivity index (χ0) is 19.4. The highest BCUT2D eigenvalue weighted by molar-refractivity contribution is 6.04. The quantitative estimate of drug-likeness (QED) is 0.608. The Bertz CT molecular complexity index is 1050. The molecule has 0 radical (unpaired) electrons. The normalized spacial score (nSPS) is 29.9. The van der Waals surface area contributed by atoms with E-state index in [4.69, 9.17) is 4.98 Å². The molecular formula is C26H26N2O. The number of para-hydroxylation sites is 2. The molecule has 7 rings (SSSR count). The average molecular weight is 383 g/mol. The number of hydrogen-bond acceptors (Lipinski definition) is 2. The van der Waals surface area contributed by atoms with Crippen LogP contribution in [-0.2, 0) is 5.41 Å². The van der Waals surface area contributed by atoms with Gasteiger partial charge in [0.15, 0.2) is 0 Å². The minimum Gasteiger partial charge on any atom is -0.321 e. The summed E-state index contributed by atoms with van der Waals surface area (Å²) < 4.78 is 0. The van der Waals surface area contributed by atoms with Crippen molar-refractivity contribution in [3.63, 3.8) is 0 Å². The zero-order valence-corrected chi connectivity index (χ0v) is 16.6. The number of anilines is 1. The molecule has 4 aliphatic rings. The molecule has 29 heavy (non-hydrogen) atoms.